The fourth-order valence-electron chi connectivity index (χ4n) is 0.446. The van der Waals surface area contributed by atoms with Gasteiger partial charge in [-0.2, -0.15) is 0 Å². The van der Waals surface area contributed by atoms with Crippen molar-refractivity contribution in [1.29, 1.82) is 0 Å². The maximum absolute atomic E-state index is 3.99. The van der Waals surface area contributed by atoms with Crippen molar-refractivity contribution in [3.8, 4) is 0 Å². The predicted octanol–water partition coefficient (Wildman–Crippen LogP) is 1.68. The third kappa shape index (κ3) is 3.64. The number of hydrogen-bond acceptors (Lipinski definition) is 1. The van der Waals surface area contributed by atoms with Gasteiger partial charge in [-0.25, -0.2) is 4.99 Å². The Morgan fingerprint density at radius 3 is 2.67 bits per heavy atom. The molecule has 0 spiro atoms. The fraction of sp³-hybridized carbons (Fsp3) is 0.429. The highest BCUT2D eigenvalue weighted by Gasteiger charge is 1.83. The van der Waals surface area contributed by atoms with E-state index in [0.717, 1.165) is 12.3 Å². The minimum atomic E-state index is 0.856. The molecule has 0 aromatic rings. The minimum Gasteiger partial charge on any atom is -0.274 e. The third-order valence-corrected chi connectivity index (χ3v) is 0.903. The van der Waals surface area contributed by atoms with Gasteiger partial charge < -0.3 is 0 Å². The molecule has 0 saturated carbocycles. The van der Waals surface area contributed by atoms with Crippen LogP contribution in [-0.4, -0.2) is 19.1 Å². The summed E-state index contributed by atoms with van der Waals surface area (Å²) in [6.07, 6.45) is 4.16. The number of hydrogen-bond donors (Lipinski definition) is 0. The van der Waals surface area contributed by atoms with Crippen LogP contribution in [0.2, 0.25) is 0 Å². The van der Waals surface area contributed by atoms with Gasteiger partial charge in [-0.1, -0.05) is 19.6 Å². The first-order valence-electron chi connectivity index (χ1n) is 2.95. The van der Waals surface area contributed by atoms with Gasteiger partial charge in [0.2, 0.25) is 0 Å². The molecule has 0 amide bonds. The second-order valence-corrected chi connectivity index (χ2v) is 1.51. The van der Waals surface area contributed by atoms with E-state index in [-0.39, 0.29) is 0 Å². The first kappa shape index (κ1) is 8.08. The highest BCUT2D eigenvalue weighted by molar-refractivity contribution is 5.91. The topological polar surface area (TPSA) is 24.7 Å². The van der Waals surface area contributed by atoms with Gasteiger partial charge in [0.25, 0.3) is 0 Å². The van der Waals surface area contributed by atoms with Crippen molar-refractivity contribution < 1.29 is 0 Å². The molecular formula is C7H12N2. The molecule has 0 aromatic heterocycles. The summed E-state index contributed by atoms with van der Waals surface area (Å²) in [6.45, 7) is 5.51. The average molecular weight is 124 g/mol. The van der Waals surface area contributed by atoms with E-state index in [2.05, 4.69) is 16.6 Å². The minimum absolute atomic E-state index is 0.856. The molecule has 9 heavy (non-hydrogen) atoms. The molecule has 0 fully saturated rings. The number of nitrogens with zero attached hydrogens (tertiary/aromatic N) is 2. The molecule has 0 saturated heterocycles. The van der Waals surface area contributed by atoms with Gasteiger partial charge in [0.1, 0.15) is 5.84 Å². The number of rotatable bonds is 2. The van der Waals surface area contributed by atoms with Gasteiger partial charge in [0.05, 0.1) is 0 Å². The summed E-state index contributed by atoms with van der Waals surface area (Å²) in [5, 5.41) is 0. The van der Waals surface area contributed by atoms with E-state index in [1.807, 2.05) is 6.92 Å². The summed E-state index contributed by atoms with van der Waals surface area (Å²) in [6, 6.07) is 0. The molecule has 0 atom stereocenters. The molecule has 0 radical (unpaired) electrons. The molecule has 2 heteroatoms. The van der Waals surface area contributed by atoms with Crippen LogP contribution in [0.4, 0.5) is 0 Å². The van der Waals surface area contributed by atoms with Crippen molar-refractivity contribution in [2.75, 3.05) is 7.05 Å². The van der Waals surface area contributed by atoms with Crippen LogP contribution in [-0.2, 0) is 0 Å². The van der Waals surface area contributed by atoms with Crippen LogP contribution in [0, 0.1) is 0 Å². The van der Waals surface area contributed by atoms with Crippen molar-refractivity contribution in [2.24, 2.45) is 9.98 Å². The van der Waals surface area contributed by atoms with Gasteiger partial charge in [0.15, 0.2) is 0 Å². The summed E-state index contributed by atoms with van der Waals surface area (Å²) in [5.74, 6) is 0.856. The molecule has 0 heterocycles. The van der Waals surface area contributed by atoms with Crippen molar-refractivity contribution in [3.05, 3.63) is 12.7 Å². The van der Waals surface area contributed by atoms with Crippen LogP contribution in [0.3, 0.4) is 0 Å². The first-order valence-corrected chi connectivity index (χ1v) is 2.95. The Kier molecular flexibility index (Phi) is 4.69. The zero-order chi connectivity index (χ0) is 7.11. The van der Waals surface area contributed by atoms with E-state index in [4.69, 9.17) is 0 Å². The van der Waals surface area contributed by atoms with Gasteiger partial charge in [0, 0.05) is 19.7 Å². The molecule has 2 nitrogen and oxygen atoms in total. The van der Waals surface area contributed by atoms with Gasteiger partial charge in [-0.05, 0) is 0 Å². The molecule has 50 valence electrons. The molecule has 0 rings (SSSR count). The quantitative estimate of drug-likeness (QED) is 0.395. The maximum Gasteiger partial charge on any atom is 0.122 e. The molecule has 0 bridgehead atoms. The summed E-state index contributed by atoms with van der Waals surface area (Å²) < 4.78 is 0. The largest absolute Gasteiger partial charge is 0.274 e. The first-order chi connectivity index (χ1) is 4.35. The van der Waals surface area contributed by atoms with Crippen LogP contribution < -0.4 is 0 Å². The number of allylic oxidation sites excluding steroid dienone is 1. The monoisotopic (exact) mass is 124 g/mol. The highest BCUT2D eigenvalue weighted by Crippen LogP contribution is 1.84. The third-order valence-electron chi connectivity index (χ3n) is 0.903. The molecule has 0 aromatic carbocycles. The van der Waals surface area contributed by atoms with Crippen molar-refractivity contribution >= 4 is 12.1 Å². The van der Waals surface area contributed by atoms with Crippen molar-refractivity contribution in [2.45, 2.75) is 13.3 Å². The zero-order valence-corrected chi connectivity index (χ0v) is 5.96. The Morgan fingerprint density at radius 1 is 1.67 bits per heavy atom. The zero-order valence-electron chi connectivity index (χ0n) is 5.96. The maximum atomic E-state index is 3.99. The Morgan fingerprint density at radius 2 is 2.33 bits per heavy atom. The van der Waals surface area contributed by atoms with Crippen molar-refractivity contribution in [1.82, 2.24) is 0 Å². The number of aliphatic imine (C=N–C) groups is 2. The van der Waals surface area contributed by atoms with E-state index >= 15 is 0 Å². The summed E-state index contributed by atoms with van der Waals surface area (Å²) >= 11 is 0. The molecule has 0 aliphatic carbocycles. The van der Waals surface area contributed by atoms with Crippen LogP contribution >= 0.6 is 0 Å². The molecule has 0 unspecified atom stereocenters. The van der Waals surface area contributed by atoms with E-state index in [1.54, 1.807) is 19.3 Å². The van der Waals surface area contributed by atoms with E-state index < -0.39 is 0 Å². The standard InChI is InChI=1S/C7H12N2/c1-4-6-9-7(5-2)8-3/h4,6H,1,5H2,2-3H3. The van der Waals surface area contributed by atoms with Crippen LogP contribution in [0.15, 0.2) is 22.6 Å². The number of amidine groups is 1. The Bertz CT molecular complexity index is 134. The highest BCUT2D eigenvalue weighted by atomic mass is 14.9. The lowest BCUT2D eigenvalue weighted by molar-refractivity contribution is 1.22. The fourth-order valence-corrected chi connectivity index (χ4v) is 0.446. The summed E-state index contributed by atoms with van der Waals surface area (Å²) in [5.41, 5.74) is 0. The summed E-state index contributed by atoms with van der Waals surface area (Å²) in [4.78, 5) is 7.90. The van der Waals surface area contributed by atoms with E-state index in [0.29, 0.717) is 0 Å². The van der Waals surface area contributed by atoms with E-state index in [9.17, 15) is 0 Å². The molecule has 0 aliphatic rings. The Hall–Kier alpha value is -0.920. The van der Waals surface area contributed by atoms with Gasteiger partial charge in [-0.15, -0.1) is 0 Å². The van der Waals surface area contributed by atoms with Crippen LogP contribution in [0.1, 0.15) is 13.3 Å². The molecule has 0 N–H and O–H groups in total. The van der Waals surface area contributed by atoms with Crippen LogP contribution in [0.25, 0.3) is 0 Å². The van der Waals surface area contributed by atoms with Gasteiger partial charge >= 0.3 is 0 Å². The SMILES string of the molecule is C=CC=NC(CC)=NC. The normalized spacial score (nSPS) is 12.4. The van der Waals surface area contributed by atoms with E-state index in [1.165, 1.54) is 0 Å². The molecule has 0 aliphatic heterocycles. The average Bonchev–Trinajstić information content (AvgIpc) is 1.91. The second kappa shape index (κ2) is 5.22. The molecular weight excluding hydrogens is 112 g/mol. The predicted molar refractivity (Wildman–Crippen MR) is 42.3 cm³/mol. The lowest BCUT2D eigenvalue weighted by atomic mass is 10.4. The Balaban J connectivity index is 3.84. The smallest absolute Gasteiger partial charge is 0.122 e. The summed E-state index contributed by atoms with van der Waals surface area (Å²) in [7, 11) is 1.74. The van der Waals surface area contributed by atoms with Crippen molar-refractivity contribution in [3.63, 3.8) is 0 Å². The van der Waals surface area contributed by atoms with Crippen LogP contribution in [0.5, 0.6) is 0 Å². The second-order valence-electron chi connectivity index (χ2n) is 1.51. The van der Waals surface area contributed by atoms with Gasteiger partial charge in [-0.3, -0.25) is 4.99 Å². The lowest BCUT2D eigenvalue weighted by Crippen LogP contribution is -1.89. The lowest BCUT2D eigenvalue weighted by Gasteiger charge is -1.88. The Labute approximate surface area is 56.0 Å².